The van der Waals surface area contributed by atoms with E-state index in [9.17, 15) is 9.59 Å². The molecule has 1 N–H and O–H groups in total. The van der Waals surface area contributed by atoms with Gasteiger partial charge in [-0.2, -0.15) is 0 Å². The number of aromatic nitrogens is 3. The van der Waals surface area contributed by atoms with Crippen LogP contribution in [0.5, 0.6) is 0 Å². The number of nitrogens with one attached hydrogen (secondary N) is 1. The van der Waals surface area contributed by atoms with E-state index < -0.39 is 0 Å². The summed E-state index contributed by atoms with van der Waals surface area (Å²) in [6.45, 7) is 11.2. The Balaban J connectivity index is 1.34. The number of carbonyl (C=O) groups excluding carboxylic acids is 2. The van der Waals surface area contributed by atoms with Crippen molar-refractivity contribution < 1.29 is 9.59 Å². The molecule has 1 saturated heterocycles. The van der Waals surface area contributed by atoms with Crippen molar-refractivity contribution in [2.24, 2.45) is 0 Å². The summed E-state index contributed by atoms with van der Waals surface area (Å²) in [7, 11) is 0. The molecular weight excluding hydrogens is 472 g/mol. The monoisotopic (exact) mass is 504 g/mol. The largest absolute Gasteiger partial charge is 0.368 e. The molecule has 0 unspecified atom stereocenters. The van der Waals surface area contributed by atoms with Crippen molar-refractivity contribution in [1.82, 2.24) is 25.0 Å². The molecule has 0 radical (unpaired) electrons. The maximum absolute atomic E-state index is 12.9. The van der Waals surface area contributed by atoms with E-state index >= 15 is 0 Å². The predicted molar refractivity (Wildman–Crippen MR) is 143 cm³/mol. The number of allylic oxidation sites excluding steroid dienone is 1. The summed E-state index contributed by atoms with van der Waals surface area (Å²) in [6, 6.07) is 17.3. The van der Waals surface area contributed by atoms with Crippen LogP contribution in [0.3, 0.4) is 0 Å². The van der Waals surface area contributed by atoms with Crippen LogP contribution < -0.4 is 10.2 Å². The summed E-state index contributed by atoms with van der Waals surface area (Å²) in [5.41, 5.74) is 2.88. The molecule has 9 heteroatoms. The van der Waals surface area contributed by atoms with Crippen LogP contribution in [0.2, 0.25) is 0 Å². The van der Waals surface area contributed by atoms with E-state index in [2.05, 4.69) is 39.1 Å². The summed E-state index contributed by atoms with van der Waals surface area (Å²) in [5.74, 6) is 0.824. The van der Waals surface area contributed by atoms with Crippen molar-refractivity contribution in [3.8, 4) is 0 Å². The summed E-state index contributed by atoms with van der Waals surface area (Å²) in [6.07, 6.45) is 1.76. The van der Waals surface area contributed by atoms with Gasteiger partial charge >= 0.3 is 0 Å². The molecule has 3 aromatic rings. The Morgan fingerprint density at radius 3 is 2.42 bits per heavy atom. The molecule has 1 aliphatic heterocycles. The van der Waals surface area contributed by atoms with Gasteiger partial charge in [0.2, 0.25) is 5.91 Å². The Morgan fingerprint density at radius 2 is 1.75 bits per heavy atom. The van der Waals surface area contributed by atoms with Gasteiger partial charge in [0.15, 0.2) is 11.0 Å². The first-order valence-corrected chi connectivity index (χ1v) is 13.1. The first kappa shape index (κ1) is 25.5. The molecule has 4 rings (SSSR count). The maximum atomic E-state index is 12.9. The Morgan fingerprint density at radius 1 is 1.06 bits per heavy atom. The van der Waals surface area contributed by atoms with Gasteiger partial charge in [-0.25, -0.2) is 0 Å². The lowest BCUT2D eigenvalue weighted by molar-refractivity contribution is -0.128. The van der Waals surface area contributed by atoms with Crippen molar-refractivity contribution >= 4 is 29.3 Å². The number of piperazine rings is 1. The van der Waals surface area contributed by atoms with Crippen LogP contribution in [0.1, 0.15) is 34.7 Å². The van der Waals surface area contributed by atoms with Gasteiger partial charge in [0.1, 0.15) is 0 Å². The number of anilines is 1. The number of aryl methyl sites for hydroxylation is 1. The lowest BCUT2D eigenvalue weighted by Gasteiger charge is -2.36. The Labute approximate surface area is 216 Å². The smallest absolute Gasteiger partial charge is 0.251 e. The molecular formula is C27H32N6O2S. The zero-order chi connectivity index (χ0) is 25.5. The molecule has 2 amide bonds. The van der Waals surface area contributed by atoms with E-state index in [1.54, 1.807) is 18.2 Å². The molecule has 1 fully saturated rings. The third-order valence-corrected chi connectivity index (χ3v) is 7.14. The van der Waals surface area contributed by atoms with Gasteiger partial charge < -0.3 is 19.7 Å². The first-order chi connectivity index (χ1) is 17.5. The molecule has 8 nitrogen and oxygen atoms in total. The highest BCUT2D eigenvalue weighted by Crippen LogP contribution is 2.22. The van der Waals surface area contributed by atoms with Gasteiger partial charge in [-0.3, -0.25) is 9.59 Å². The molecule has 0 bridgehead atoms. The van der Waals surface area contributed by atoms with Crippen molar-refractivity contribution in [2.45, 2.75) is 31.6 Å². The number of para-hydroxylation sites is 1. The second-order valence-electron chi connectivity index (χ2n) is 8.79. The lowest BCUT2D eigenvalue weighted by atomic mass is 10.1. The van der Waals surface area contributed by atoms with Crippen molar-refractivity contribution in [2.75, 3.05) is 36.8 Å². The number of benzene rings is 2. The standard InChI is InChI=1S/C27H32N6O2S/c1-4-14-33-25(21(3)28-26(35)22-12-10-20(2)11-13-22)29-30-27(33)36-19-24(34)32-17-15-31(16-18-32)23-8-6-5-7-9-23/h4-13,21H,1,14-19H2,2-3H3,(H,28,35)/t21-/m0/s1. The number of carbonyl (C=O) groups is 2. The number of hydrogen-bond acceptors (Lipinski definition) is 6. The second kappa shape index (κ2) is 11.9. The normalized spacial score (nSPS) is 14.4. The summed E-state index contributed by atoms with van der Waals surface area (Å²) >= 11 is 1.37. The van der Waals surface area contributed by atoms with Crippen LogP contribution in [0.15, 0.2) is 72.4 Å². The van der Waals surface area contributed by atoms with Crippen LogP contribution >= 0.6 is 11.8 Å². The number of nitrogens with zero attached hydrogens (tertiary/aromatic N) is 5. The number of hydrogen-bond donors (Lipinski definition) is 1. The van der Waals surface area contributed by atoms with Crippen molar-refractivity contribution in [3.05, 3.63) is 84.2 Å². The van der Waals surface area contributed by atoms with Gasteiger partial charge in [-0.05, 0) is 38.1 Å². The zero-order valence-electron chi connectivity index (χ0n) is 20.8. The van der Waals surface area contributed by atoms with E-state index in [4.69, 9.17) is 0 Å². The van der Waals surface area contributed by atoms with Gasteiger partial charge in [-0.15, -0.1) is 16.8 Å². The van der Waals surface area contributed by atoms with Gasteiger partial charge in [0.25, 0.3) is 5.91 Å². The molecule has 0 aliphatic carbocycles. The highest BCUT2D eigenvalue weighted by atomic mass is 32.2. The third kappa shape index (κ3) is 6.15. The molecule has 36 heavy (non-hydrogen) atoms. The average Bonchev–Trinajstić information content (AvgIpc) is 3.31. The molecule has 2 heterocycles. The van der Waals surface area contributed by atoms with Crippen LogP contribution in [0.4, 0.5) is 5.69 Å². The fraction of sp³-hybridized carbons (Fsp3) is 0.333. The Bertz CT molecular complexity index is 1190. The van der Waals surface area contributed by atoms with Crippen LogP contribution in [0, 0.1) is 6.92 Å². The van der Waals surface area contributed by atoms with Crippen LogP contribution in [-0.4, -0.2) is 63.4 Å². The average molecular weight is 505 g/mol. The fourth-order valence-corrected chi connectivity index (χ4v) is 5.01. The highest BCUT2D eigenvalue weighted by molar-refractivity contribution is 7.99. The predicted octanol–water partition coefficient (Wildman–Crippen LogP) is 3.70. The summed E-state index contributed by atoms with van der Waals surface area (Å²) in [5, 5.41) is 12.3. The Kier molecular flexibility index (Phi) is 8.43. The van der Waals surface area contributed by atoms with Crippen LogP contribution in [-0.2, 0) is 11.3 Å². The molecule has 2 aromatic carbocycles. The van der Waals surface area contributed by atoms with Gasteiger partial charge in [-0.1, -0.05) is 53.7 Å². The van der Waals surface area contributed by atoms with E-state index in [1.807, 2.05) is 53.6 Å². The quantitative estimate of drug-likeness (QED) is 0.353. The van der Waals surface area contributed by atoms with E-state index in [-0.39, 0.29) is 23.6 Å². The lowest BCUT2D eigenvalue weighted by Crippen LogP contribution is -2.49. The molecule has 188 valence electrons. The fourth-order valence-electron chi connectivity index (χ4n) is 4.15. The van der Waals surface area contributed by atoms with Crippen molar-refractivity contribution in [3.63, 3.8) is 0 Å². The number of thioether (sulfide) groups is 1. The van der Waals surface area contributed by atoms with E-state index in [0.717, 1.165) is 18.7 Å². The van der Waals surface area contributed by atoms with Gasteiger partial charge in [0.05, 0.1) is 11.8 Å². The first-order valence-electron chi connectivity index (χ1n) is 12.1. The van der Waals surface area contributed by atoms with Crippen molar-refractivity contribution in [1.29, 1.82) is 0 Å². The maximum Gasteiger partial charge on any atom is 0.251 e. The zero-order valence-corrected chi connectivity index (χ0v) is 21.6. The second-order valence-corrected chi connectivity index (χ2v) is 9.74. The van der Waals surface area contributed by atoms with E-state index in [0.29, 0.717) is 36.2 Å². The minimum absolute atomic E-state index is 0.0862. The number of rotatable bonds is 9. The SMILES string of the molecule is C=CCn1c(SCC(=O)N2CCN(c3ccccc3)CC2)nnc1[C@H](C)NC(=O)c1ccc(C)cc1. The molecule has 1 atom stereocenters. The summed E-state index contributed by atoms with van der Waals surface area (Å²) < 4.78 is 1.90. The van der Waals surface area contributed by atoms with Gasteiger partial charge in [0, 0.05) is 44.0 Å². The molecule has 1 aromatic heterocycles. The van der Waals surface area contributed by atoms with E-state index in [1.165, 1.54) is 17.4 Å². The highest BCUT2D eigenvalue weighted by Gasteiger charge is 2.24. The molecule has 0 spiro atoms. The minimum atomic E-state index is -0.359. The number of amides is 2. The Hall–Kier alpha value is -3.59. The minimum Gasteiger partial charge on any atom is -0.368 e. The molecule has 0 saturated carbocycles. The molecule has 1 aliphatic rings. The summed E-state index contributed by atoms with van der Waals surface area (Å²) in [4.78, 5) is 29.8. The topological polar surface area (TPSA) is 83.4 Å². The third-order valence-electron chi connectivity index (χ3n) is 6.18. The van der Waals surface area contributed by atoms with Crippen LogP contribution in [0.25, 0.3) is 0 Å².